The molecule has 4 rings (SSSR count). The van der Waals surface area contributed by atoms with Gasteiger partial charge in [-0.25, -0.2) is 4.90 Å². The average Bonchev–Trinajstić information content (AvgIpc) is 2.99. The molecule has 0 unspecified atom stereocenters. The van der Waals surface area contributed by atoms with Gasteiger partial charge in [-0.15, -0.1) is 0 Å². The van der Waals surface area contributed by atoms with Crippen molar-refractivity contribution in [2.45, 2.75) is 0 Å². The third-order valence-electron chi connectivity index (χ3n) is 4.84. The van der Waals surface area contributed by atoms with Crippen molar-refractivity contribution in [2.24, 2.45) is 0 Å². The zero-order valence-corrected chi connectivity index (χ0v) is 16.0. The smallest absolute Gasteiger partial charge is 0.282 e. The zero-order chi connectivity index (χ0) is 20.5. The molecule has 148 valence electrons. The summed E-state index contributed by atoms with van der Waals surface area (Å²) in [7, 11) is 0. The maximum Gasteiger partial charge on any atom is 0.282 e. The van der Waals surface area contributed by atoms with E-state index >= 15 is 0 Å². The van der Waals surface area contributed by atoms with E-state index in [-0.39, 0.29) is 17.0 Å². The Morgan fingerprint density at radius 2 is 1.55 bits per heavy atom. The van der Waals surface area contributed by atoms with Gasteiger partial charge in [0.15, 0.2) is 0 Å². The molecule has 0 saturated carbocycles. The first kappa shape index (κ1) is 19.1. The highest BCUT2D eigenvalue weighted by Crippen LogP contribution is 2.35. The zero-order valence-electron chi connectivity index (χ0n) is 15.2. The highest BCUT2D eigenvalue weighted by Gasteiger charge is 2.42. The summed E-state index contributed by atoms with van der Waals surface area (Å²) in [5.41, 5.74) is 1.27. The molecule has 2 heterocycles. The number of carbonyl (C=O) groups is 2. The molecule has 0 bridgehead atoms. The molecule has 2 amide bonds. The van der Waals surface area contributed by atoms with Crippen molar-refractivity contribution in [3.63, 3.8) is 0 Å². The number of imide groups is 1. The topological polar surface area (TPSA) is 93.0 Å². The second-order valence-corrected chi connectivity index (χ2v) is 6.99. The van der Waals surface area contributed by atoms with Crippen molar-refractivity contribution in [2.75, 3.05) is 31.2 Å². The molecule has 0 aromatic heterocycles. The van der Waals surface area contributed by atoms with Crippen molar-refractivity contribution in [1.82, 2.24) is 4.90 Å². The largest absolute Gasteiger partial charge is 0.378 e. The van der Waals surface area contributed by atoms with Gasteiger partial charge in [-0.2, -0.15) is 0 Å². The summed E-state index contributed by atoms with van der Waals surface area (Å²) in [6, 6.07) is 12.0. The lowest BCUT2D eigenvalue weighted by Gasteiger charge is -2.29. The number of hydrogen-bond donors (Lipinski definition) is 0. The van der Waals surface area contributed by atoms with Crippen LogP contribution in [-0.2, 0) is 14.3 Å². The number of morpholine rings is 1. The van der Waals surface area contributed by atoms with Gasteiger partial charge in [-0.1, -0.05) is 11.6 Å². The van der Waals surface area contributed by atoms with Crippen LogP contribution in [0.2, 0.25) is 5.02 Å². The third-order valence-corrected chi connectivity index (χ3v) is 5.09. The van der Waals surface area contributed by atoms with Crippen LogP contribution >= 0.6 is 11.6 Å². The molecule has 2 aliphatic heterocycles. The number of nitro groups is 1. The van der Waals surface area contributed by atoms with Gasteiger partial charge in [0.05, 0.1) is 29.4 Å². The van der Waals surface area contributed by atoms with E-state index < -0.39 is 16.7 Å². The minimum Gasteiger partial charge on any atom is -0.378 e. The highest BCUT2D eigenvalue weighted by molar-refractivity contribution is 6.45. The Balaban J connectivity index is 1.80. The van der Waals surface area contributed by atoms with E-state index in [0.717, 1.165) is 4.90 Å². The first-order chi connectivity index (χ1) is 14.0. The Labute approximate surface area is 171 Å². The van der Waals surface area contributed by atoms with Gasteiger partial charge in [0.25, 0.3) is 17.5 Å². The van der Waals surface area contributed by atoms with Gasteiger partial charge in [0, 0.05) is 30.2 Å². The summed E-state index contributed by atoms with van der Waals surface area (Å²) in [4.78, 5) is 40.0. The van der Waals surface area contributed by atoms with Gasteiger partial charge < -0.3 is 9.64 Å². The first-order valence-corrected chi connectivity index (χ1v) is 9.31. The van der Waals surface area contributed by atoms with Crippen LogP contribution in [0, 0.1) is 10.1 Å². The number of halogens is 1. The lowest BCUT2D eigenvalue weighted by atomic mass is 10.0. The van der Waals surface area contributed by atoms with E-state index in [1.165, 1.54) is 24.3 Å². The second-order valence-electron chi connectivity index (χ2n) is 6.55. The lowest BCUT2D eigenvalue weighted by molar-refractivity contribution is -0.384. The number of rotatable bonds is 4. The Kier molecular flexibility index (Phi) is 5.04. The Bertz CT molecular complexity index is 1010. The summed E-state index contributed by atoms with van der Waals surface area (Å²) in [6.07, 6.45) is 0. The molecule has 8 nitrogen and oxygen atoms in total. The summed E-state index contributed by atoms with van der Waals surface area (Å²) >= 11 is 5.93. The maximum atomic E-state index is 13.3. The molecule has 0 atom stereocenters. The minimum atomic E-state index is -0.511. The number of non-ortho nitro benzene ring substituents is 1. The molecular formula is C20H16ClN3O5. The van der Waals surface area contributed by atoms with E-state index in [0.29, 0.717) is 42.6 Å². The Morgan fingerprint density at radius 1 is 0.931 bits per heavy atom. The molecule has 1 fully saturated rings. The number of carbonyl (C=O) groups excluding carboxylic acids is 2. The molecule has 2 aromatic rings. The monoisotopic (exact) mass is 413 g/mol. The molecule has 2 aromatic carbocycles. The van der Waals surface area contributed by atoms with Gasteiger partial charge in [-0.3, -0.25) is 19.7 Å². The van der Waals surface area contributed by atoms with Crippen LogP contribution in [0.3, 0.4) is 0 Å². The summed E-state index contributed by atoms with van der Waals surface area (Å²) in [6.45, 7) is 1.83. The van der Waals surface area contributed by atoms with Crippen molar-refractivity contribution in [1.29, 1.82) is 0 Å². The Hall–Kier alpha value is -3.23. The summed E-state index contributed by atoms with van der Waals surface area (Å²) < 4.78 is 5.37. The second kappa shape index (κ2) is 7.65. The molecule has 9 heteroatoms. The molecular weight excluding hydrogens is 398 g/mol. The van der Waals surface area contributed by atoms with Crippen molar-refractivity contribution >= 4 is 40.4 Å². The van der Waals surface area contributed by atoms with Crippen LogP contribution in [0.1, 0.15) is 5.56 Å². The summed E-state index contributed by atoms with van der Waals surface area (Å²) in [5.74, 6) is -0.916. The predicted octanol–water partition coefficient (Wildman–Crippen LogP) is 2.86. The molecule has 0 aliphatic carbocycles. The van der Waals surface area contributed by atoms with Crippen LogP contribution < -0.4 is 4.90 Å². The molecule has 1 saturated heterocycles. The predicted molar refractivity (Wildman–Crippen MR) is 106 cm³/mol. The number of nitro benzene ring substituents is 1. The van der Waals surface area contributed by atoms with Crippen LogP contribution in [0.5, 0.6) is 0 Å². The van der Waals surface area contributed by atoms with Gasteiger partial charge in [0.2, 0.25) is 0 Å². The highest BCUT2D eigenvalue weighted by atomic mass is 35.5. The van der Waals surface area contributed by atoms with Crippen LogP contribution in [0.25, 0.3) is 5.57 Å². The number of anilines is 1. The number of ether oxygens (including phenoxy) is 1. The minimum absolute atomic E-state index is 0.0893. The van der Waals surface area contributed by atoms with Gasteiger partial charge in [-0.05, 0) is 42.0 Å². The molecule has 0 N–H and O–H groups in total. The van der Waals surface area contributed by atoms with Crippen LogP contribution in [0.4, 0.5) is 11.4 Å². The molecule has 2 aliphatic rings. The fourth-order valence-electron chi connectivity index (χ4n) is 3.43. The van der Waals surface area contributed by atoms with E-state index in [9.17, 15) is 19.7 Å². The van der Waals surface area contributed by atoms with E-state index in [4.69, 9.17) is 16.3 Å². The first-order valence-electron chi connectivity index (χ1n) is 8.93. The van der Waals surface area contributed by atoms with E-state index in [2.05, 4.69) is 0 Å². The van der Waals surface area contributed by atoms with E-state index in [1.54, 1.807) is 24.3 Å². The van der Waals surface area contributed by atoms with Crippen molar-refractivity contribution in [3.05, 3.63) is 74.9 Å². The molecule has 0 spiro atoms. The van der Waals surface area contributed by atoms with Crippen LogP contribution in [-0.4, -0.2) is 47.9 Å². The number of benzene rings is 2. The van der Waals surface area contributed by atoms with Gasteiger partial charge >= 0.3 is 0 Å². The summed E-state index contributed by atoms with van der Waals surface area (Å²) in [5, 5.41) is 11.4. The molecule has 0 radical (unpaired) electrons. The number of nitrogens with zero attached hydrogens (tertiary/aromatic N) is 3. The molecule has 29 heavy (non-hydrogen) atoms. The lowest BCUT2D eigenvalue weighted by Crippen LogP contribution is -2.40. The number of hydrogen-bond acceptors (Lipinski definition) is 6. The van der Waals surface area contributed by atoms with Crippen LogP contribution in [0.15, 0.2) is 54.2 Å². The standard InChI is InChI=1S/C20H16ClN3O5/c21-14-3-7-15(8-4-14)23-19(25)17(13-1-5-16(6-2-13)24(27)28)18(20(23)26)22-9-11-29-12-10-22/h1-8H,9-12H2. The van der Waals surface area contributed by atoms with E-state index in [1.807, 2.05) is 4.90 Å². The third kappa shape index (κ3) is 3.48. The maximum absolute atomic E-state index is 13.3. The average molecular weight is 414 g/mol. The SMILES string of the molecule is O=C1C(c2ccc([N+](=O)[O-])cc2)=C(N2CCOCC2)C(=O)N1c1ccc(Cl)cc1. The Morgan fingerprint density at radius 3 is 2.14 bits per heavy atom. The van der Waals surface area contributed by atoms with Gasteiger partial charge in [0.1, 0.15) is 5.70 Å². The number of amides is 2. The fraction of sp³-hybridized carbons (Fsp3) is 0.200. The van der Waals surface area contributed by atoms with Crippen molar-refractivity contribution < 1.29 is 19.2 Å². The quantitative estimate of drug-likeness (QED) is 0.434. The normalized spacial score (nSPS) is 17.3. The van der Waals surface area contributed by atoms with Crippen molar-refractivity contribution in [3.8, 4) is 0 Å². The fourth-order valence-corrected chi connectivity index (χ4v) is 3.56.